The predicted octanol–water partition coefficient (Wildman–Crippen LogP) is 1.61. The fourth-order valence-electron chi connectivity index (χ4n) is 2.49. The summed E-state index contributed by atoms with van der Waals surface area (Å²) in [6.07, 6.45) is 2.95. The molecule has 0 saturated carbocycles. The molecule has 0 fully saturated rings. The predicted molar refractivity (Wildman–Crippen MR) is 73.7 cm³/mol. The number of aliphatic hydroxyl groups excluding tert-OH is 1. The Morgan fingerprint density at radius 1 is 0.765 bits per heavy atom. The fraction of sp³-hybridized carbons (Fsp3) is 1.00. The van der Waals surface area contributed by atoms with Crippen molar-refractivity contribution in [3.63, 3.8) is 0 Å². The Hall–Kier alpha value is -0.160. The lowest BCUT2D eigenvalue weighted by Gasteiger charge is -2.45. The zero-order valence-corrected chi connectivity index (χ0v) is 12.6. The molecule has 3 atom stereocenters. The maximum atomic E-state index is 10.3. The van der Waals surface area contributed by atoms with E-state index in [1.165, 1.54) is 0 Å². The summed E-state index contributed by atoms with van der Waals surface area (Å²) in [5, 5.41) is 10.3. The second-order valence-corrected chi connectivity index (χ2v) is 5.04. The first-order valence-corrected chi connectivity index (χ1v) is 6.68. The highest BCUT2D eigenvalue weighted by Crippen LogP contribution is 2.19. The van der Waals surface area contributed by atoms with E-state index in [2.05, 4.69) is 56.7 Å². The average Bonchev–Trinajstić information content (AvgIpc) is 2.27. The first-order valence-electron chi connectivity index (χ1n) is 6.68. The lowest BCUT2D eigenvalue weighted by Crippen LogP contribution is -2.58. The first-order chi connectivity index (χ1) is 7.90. The van der Waals surface area contributed by atoms with Crippen LogP contribution in [0.15, 0.2) is 0 Å². The maximum Gasteiger partial charge on any atom is 0.109 e. The Morgan fingerprint density at radius 2 is 1.12 bits per heavy atom. The largest absolute Gasteiger partial charge is 0.378 e. The molecule has 0 aromatic heterocycles. The first kappa shape index (κ1) is 16.8. The van der Waals surface area contributed by atoms with Crippen LogP contribution in [-0.4, -0.2) is 66.6 Å². The van der Waals surface area contributed by atoms with Gasteiger partial charge in [-0.15, -0.1) is 0 Å². The van der Waals surface area contributed by atoms with Crippen LogP contribution in [0.5, 0.6) is 0 Å². The molecule has 0 aliphatic rings. The van der Waals surface area contributed by atoms with Gasteiger partial charge in [0.25, 0.3) is 0 Å². The van der Waals surface area contributed by atoms with Gasteiger partial charge in [0, 0.05) is 0 Å². The summed E-state index contributed by atoms with van der Waals surface area (Å²) in [5.74, 6) is 0. The molecule has 0 saturated heterocycles. The minimum absolute atomic E-state index is 0.275. The third-order valence-corrected chi connectivity index (χ3v) is 3.32. The van der Waals surface area contributed by atoms with Gasteiger partial charge in [0.1, 0.15) is 6.23 Å². The van der Waals surface area contributed by atoms with E-state index in [-0.39, 0.29) is 18.6 Å². The molecule has 0 aromatic rings. The van der Waals surface area contributed by atoms with Crippen molar-refractivity contribution in [3.05, 3.63) is 0 Å². The highest BCUT2D eigenvalue weighted by Gasteiger charge is 2.31. The van der Waals surface area contributed by atoms with Gasteiger partial charge in [0.15, 0.2) is 0 Å². The smallest absolute Gasteiger partial charge is 0.109 e. The third-order valence-electron chi connectivity index (χ3n) is 3.32. The summed E-state index contributed by atoms with van der Waals surface area (Å²) in [5.41, 5.74) is 0. The summed E-state index contributed by atoms with van der Waals surface area (Å²) in [6.45, 7) is 6.37. The van der Waals surface area contributed by atoms with E-state index in [0.717, 1.165) is 19.3 Å². The standard InChI is InChI=1S/C13H31N3O/c1-8-11(14(4)5)16(13(17)10-3)12(9-2)15(6)7/h11-13,17H,8-10H2,1-7H3. The highest BCUT2D eigenvalue weighted by atomic mass is 16.3. The molecule has 17 heavy (non-hydrogen) atoms. The molecule has 4 nitrogen and oxygen atoms in total. The van der Waals surface area contributed by atoms with Crippen molar-refractivity contribution in [1.82, 2.24) is 14.7 Å². The van der Waals surface area contributed by atoms with Gasteiger partial charge in [-0.2, -0.15) is 0 Å². The summed E-state index contributed by atoms with van der Waals surface area (Å²) in [4.78, 5) is 6.59. The van der Waals surface area contributed by atoms with Gasteiger partial charge in [0.05, 0.1) is 12.3 Å². The molecular weight excluding hydrogens is 214 g/mol. The molecule has 1 N–H and O–H groups in total. The van der Waals surface area contributed by atoms with Crippen LogP contribution in [0.3, 0.4) is 0 Å². The normalized spacial score (nSPS) is 17.8. The van der Waals surface area contributed by atoms with Crippen LogP contribution in [-0.2, 0) is 0 Å². The summed E-state index contributed by atoms with van der Waals surface area (Å²) in [6, 6.07) is 0. The molecule has 0 aliphatic heterocycles. The Kier molecular flexibility index (Phi) is 7.96. The van der Waals surface area contributed by atoms with E-state index < -0.39 is 0 Å². The van der Waals surface area contributed by atoms with Crippen LogP contribution in [0, 0.1) is 0 Å². The van der Waals surface area contributed by atoms with Crippen molar-refractivity contribution in [2.24, 2.45) is 0 Å². The van der Waals surface area contributed by atoms with Gasteiger partial charge in [-0.05, 0) is 47.5 Å². The van der Waals surface area contributed by atoms with Crippen molar-refractivity contribution in [2.75, 3.05) is 28.2 Å². The molecule has 0 heterocycles. The molecule has 104 valence electrons. The number of hydrogen-bond acceptors (Lipinski definition) is 4. The Balaban J connectivity index is 5.08. The number of aliphatic hydroxyl groups is 1. The second kappa shape index (κ2) is 8.03. The lowest BCUT2D eigenvalue weighted by atomic mass is 10.2. The van der Waals surface area contributed by atoms with E-state index in [4.69, 9.17) is 0 Å². The lowest BCUT2D eigenvalue weighted by molar-refractivity contribution is -0.125. The van der Waals surface area contributed by atoms with Crippen LogP contribution < -0.4 is 0 Å². The minimum atomic E-state index is -0.380. The molecule has 0 rings (SSSR count). The van der Waals surface area contributed by atoms with Crippen molar-refractivity contribution >= 4 is 0 Å². The monoisotopic (exact) mass is 245 g/mol. The van der Waals surface area contributed by atoms with Crippen molar-refractivity contribution < 1.29 is 5.11 Å². The Labute approximate surface area is 107 Å². The van der Waals surface area contributed by atoms with Crippen molar-refractivity contribution in [3.8, 4) is 0 Å². The second-order valence-electron chi connectivity index (χ2n) is 5.04. The van der Waals surface area contributed by atoms with Crippen LogP contribution in [0.2, 0.25) is 0 Å². The van der Waals surface area contributed by atoms with E-state index in [1.807, 2.05) is 6.92 Å². The SMILES string of the molecule is CCC(O)N(C(CC)N(C)C)C(CC)N(C)C. The average molecular weight is 245 g/mol. The Bertz CT molecular complexity index is 181. The van der Waals surface area contributed by atoms with E-state index in [1.54, 1.807) is 0 Å². The molecule has 3 unspecified atom stereocenters. The summed E-state index contributed by atoms with van der Waals surface area (Å²) in [7, 11) is 8.30. The van der Waals surface area contributed by atoms with Crippen LogP contribution in [0.25, 0.3) is 0 Å². The van der Waals surface area contributed by atoms with E-state index in [9.17, 15) is 5.11 Å². The van der Waals surface area contributed by atoms with E-state index >= 15 is 0 Å². The number of nitrogens with zero attached hydrogens (tertiary/aromatic N) is 3. The van der Waals surface area contributed by atoms with Crippen LogP contribution in [0.1, 0.15) is 40.0 Å². The number of rotatable bonds is 8. The van der Waals surface area contributed by atoms with Gasteiger partial charge < -0.3 is 5.11 Å². The molecule has 0 aliphatic carbocycles. The quantitative estimate of drug-likeness (QED) is 0.658. The molecule has 4 heteroatoms. The van der Waals surface area contributed by atoms with Crippen molar-refractivity contribution in [2.45, 2.75) is 58.6 Å². The topological polar surface area (TPSA) is 30.0 Å². The third kappa shape index (κ3) is 4.54. The maximum absolute atomic E-state index is 10.3. The summed E-state index contributed by atoms with van der Waals surface area (Å²) >= 11 is 0. The molecule has 0 amide bonds. The summed E-state index contributed by atoms with van der Waals surface area (Å²) < 4.78 is 0. The van der Waals surface area contributed by atoms with Gasteiger partial charge in [-0.25, -0.2) is 4.90 Å². The van der Waals surface area contributed by atoms with E-state index in [0.29, 0.717) is 0 Å². The molecular formula is C13H31N3O. The molecule has 0 spiro atoms. The van der Waals surface area contributed by atoms with Gasteiger partial charge in [-0.1, -0.05) is 20.8 Å². The number of hydrogen-bond donors (Lipinski definition) is 1. The fourth-order valence-corrected chi connectivity index (χ4v) is 2.49. The zero-order valence-electron chi connectivity index (χ0n) is 12.6. The molecule has 0 radical (unpaired) electrons. The van der Waals surface area contributed by atoms with Gasteiger partial charge in [0.2, 0.25) is 0 Å². The molecule has 0 bridgehead atoms. The van der Waals surface area contributed by atoms with Crippen LogP contribution in [0.4, 0.5) is 0 Å². The molecule has 0 aromatic carbocycles. The van der Waals surface area contributed by atoms with Crippen molar-refractivity contribution in [1.29, 1.82) is 0 Å². The zero-order chi connectivity index (χ0) is 13.6. The Morgan fingerprint density at radius 3 is 1.29 bits per heavy atom. The van der Waals surface area contributed by atoms with Gasteiger partial charge in [-0.3, -0.25) is 9.80 Å². The highest BCUT2D eigenvalue weighted by molar-refractivity contribution is 4.77. The van der Waals surface area contributed by atoms with Crippen LogP contribution >= 0.6 is 0 Å². The van der Waals surface area contributed by atoms with Gasteiger partial charge >= 0.3 is 0 Å². The minimum Gasteiger partial charge on any atom is -0.378 e.